The zero-order valence-electron chi connectivity index (χ0n) is 18.2. The highest BCUT2D eigenvalue weighted by Crippen LogP contribution is 2.31. The molecule has 0 saturated carbocycles. The Labute approximate surface area is 192 Å². The molecule has 0 saturated heterocycles. The van der Waals surface area contributed by atoms with E-state index in [1.54, 1.807) is 11.8 Å². The van der Waals surface area contributed by atoms with Crippen LogP contribution < -0.4 is 14.8 Å². The Hall–Kier alpha value is -2.54. The van der Waals surface area contributed by atoms with Gasteiger partial charge in [-0.25, -0.2) is 0 Å². The summed E-state index contributed by atoms with van der Waals surface area (Å²) in [7, 11) is 0. The highest BCUT2D eigenvalue weighted by atomic mass is 79.9. The second-order valence-corrected chi connectivity index (χ2v) is 8.88. The average Bonchev–Trinajstić information content (AvgIpc) is 2.74. The van der Waals surface area contributed by atoms with E-state index in [1.165, 1.54) is 0 Å². The maximum absolute atomic E-state index is 13.2. The lowest BCUT2D eigenvalue weighted by Crippen LogP contribution is -2.49. The summed E-state index contributed by atoms with van der Waals surface area (Å²) in [5.41, 5.74) is 1.96. The minimum Gasteiger partial charge on any atom is -0.486 e. The molecule has 31 heavy (non-hydrogen) atoms. The van der Waals surface area contributed by atoms with Gasteiger partial charge in [-0.05, 0) is 62.6 Å². The number of amides is 2. The van der Waals surface area contributed by atoms with Gasteiger partial charge in [-0.15, -0.1) is 0 Å². The second kappa shape index (κ2) is 10.7. The SMILES string of the molecule is CC(C)NC(=O)[C@H](C)N(Cc1cccc(Br)c1)C(=O)CCc1ccc2c(c1)OCCO2. The maximum atomic E-state index is 13.2. The highest BCUT2D eigenvalue weighted by Gasteiger charge is 2.26. The number of nitrogens with zero attached hydrogens (tertiary/aromatic N) is 1. The van der Waals surface area contributed by atoms with Crippen LogP contribution in [0, 0.1) is 0 Å². The quantitative estimate of drug-likeness (QED) is 0.607. The Morgan fingerprint density at radius 3 is 2.48 bits per heavy atom. The fourth-order valence-corrected chi connectivity index (χ4v) is 3.90. The van der Waals surface area contributed by atoms with E-state index in [9.17, 15) is 9.59 Å². The van der Waals surface area contributed by atoms with Gasteiger partial charge >= 0.3 is 0 Å². The summed E-state index contributed by atoms with van der Waals surface area (Å²) in [4.78, 5) is 27.5. The first kappa shape index (κ1) is 23.1. The number of ether oxygens (including phenoxy) is 2. The van der Waals surface area contributed by atoms with Crippen molar-refractivity contribution >= 4 is 27.7 Å². The molecule has 1 heterocycles. The van der Waals surface area contributed by atoms with Crippen molar-refractivity contribution in [3.05, 3.63) is 58.1 Å². The second-order valence-electron chi connectivity index (χ2n) is 7.97. The molecule has 1 N–H and O–H groups in total. The number of fused-ring (bicyclic) bond motifs is 1. The van der Waals surface area contributed by atoms with Crippen LogP contribution in [0.15, 0.2) is 46.9 Å². The van der Waals surface area contributed by atoms with Gasteiger partial charge in [-0.1, -0.05) is 34.1 Å². The number of rotatable bonds is 8. The Morgan fingerprint density at radius 1 is 1.03 bits per heavy atom. The Balaban J connectivity index is 1.72. The molecule has 2 aromatic carbocycles. The minimum atomic E-state index is -0.575. The Kier molecular flexibility index (Phi) is 7.96. The van der Waals surface area contributed by atoms with Gasteiger partial charge in [0.1, 0.15) is 19.3 Å². The molecule has 0 aromatic heterocycles. The van der Waals surface area contributed by atoms with E-state index in [2.05, 4.69) is 21.2 Å². The van der Waals surface area contributed by atoms with Crippen LogP contribution in [0.25, 0.3) is 0 Å². The van der Waals surface area contributed by atoms with E-state index in [1.807, 2.05) is 56.3 Å². The zero-order chi connectivity index (χ0) is 22.4. The molecule has 0 radical (unpaired) electrons. The van der Waals surface area contributed by atoms with Crippen LogP contribution in [0.1, 0.15) is 38.3 Å². The van der Waals surface area contributed by atoms with Crippen LogP contribution >= 0.6 is 15.9 Å². The molecule has 1 atom stereocenters. The van der Waals surface area contributed by atoms with E-state index >= 15 is 0 Å². The number of aryl methyl sites for hydroxylation is 1. The van der Waals surface area contributed by atoms with Crippen LogP contribution in [0.3, 0.4) is 0 Å². The molecule has 166 valence electrons. The lowest BCUT2D eigenvalue weighted by atomic mass is 10.1. The van der Waals surface area contributed by atoms with Gasteiger partial charge in [0.2, 0.25) is 11.8 Å². The third-order valence-electron chi connectivity index (χ3n) is 5.07. The van der Waals surface area contributed by atoms with E-state index in [-0.39, 0.29) is 17.9 Å². The van der Waals surface area contributed by atoms with Gasteiger partial charge in [0, 0.05) is 23.5 Å². The molecule has 0 unspecified atom stereocenters. The molecular weight excluding hydrogens is 460 g/mol. The van der Waals surface area contributed by atoms with Crippen molar-refractivity contribution in [2.24, 2.45) is 0 Å². The molecule has 1 aliphatic heterocycles. The summed E-state index contributed by atoms with van der Waals surface area (Å²) < 4.78 is 12.1. The molecule has 0 spiro atoms. The minimum absolute atomic E-state index is 0.00971. The number of nitrogens with one attached hydrogen (secondary N) is 1. The number of carbonyl (C=O) groups is 2. The predicted molar refractivity (Wildman–Crippen MR) is 123 cm³/mol. The molecule has 3 rings (SSSR count). The van der Waals surface area contributed by atoms with Gasteiger partial charge in [0.25, 0.3) is 0 Å². The van der Waals surface area contributed by atoms with E-state index in [0.29, 0.717) is 38.3 Å². The maximum Gasteiger partial charge on any atom is 0.242 e. The van der Waals surface area contributed by atoms with Crippen LogP contribution in [0.5, 0.6) is 11.5 Å². The van der Waals surface area contributed by atoms with Crippen LogP contribution in [-0.2, 0) is 22.6 Å². The normalized spacial score (nSPS) is 13.6. The summed E-state index contributed by atoms with van der Waals surface area (Å²) in [5, 5.41) is 2.91. The van der Waals surface area contributed by atoms with Crippen LogP contribution in [0.2, 0.25) is 0 Å². The lowest BCUT2D eigenvalue weighted by molar-refractivity contribution is -0.140. The lowest BCUT2D eigenvalue weighted by Gasteiger charge is -2.29. The molecule has 0 bridgehead atoms. The fourth-order valence-electron chi connectivity index (χ4n) is 3.46. The molecule has 1 aliphatic rings. The summed E-state index contributed by atoms with van der Waals surface area (Å²) >= 11 is 3.47. The highest BCUT2D eigenvalue weighted by molar-refractivity contribution is 9.10. The molecule has 0 aliphatic carbocycles. The molecule has 2 amide bonds. The van der Waals surface area contributed by atoms with Gasteiger partial charge in [0.15, 0.2) is 11.5 Å². The van der Waals surface area contributed by atoms with Crippen molar-refractivity contribution in [3.63, 3.8) is 0 Å². The van der Waals surface area contributed by atoms with Gasteiger partial charge in [-0.3, -0.25) is 9.59 Å². The smallest absolute Gasteiger partial charge is 0.242 e. The first-order valence-electron chi connectivity index (χ1n) is 10.6. The Bertz CT molecular complexity index is 932. The van der Waals surface area contributed by atoms with E-state index in [0.717, 1.165) is 21.3 Å². The van der Waals surface area contributed by atoms with Gasteiger partial charge < -0.3 is 19.7 Å². The van der Waals surface area contributed by atoms with Crippen LogP contribution in [0.4, 0.5) is 0 Å². The average molecular weight is 489 g/mol. The number of benzene rings is 2. The van der Waals surface area contributed by atoms with E-state index in [4.69, 9.17) is 9.47 Å². The molecule has 0 fully saturated rings. The predicted octanol–water partition coefficient (Wildman–Crippen LogP) is 4.09. The van der Waals surface area contributed by atoms with E-state index < -0.39 is 6.04 Å². The zero-order valence-corrected chi connectivity index (χ0v) is 19.8. The number of halogens is 1. The number of hydrogen-bond acceptors (Lipinski definition) is 4. The Morgan fingerprint density at radius 2 is 1.77 bits per heavy atom. The number of carbonyl (C=O) groups excluding carboxylic acids is 2. The fraction of sp³-hybridized carbons (Fsp3) is 0.417. The van der Waals surface area contributed by atoms with Crippen molar-refractivity contribution in [1.29, 1.82) is 0 Å². The summed E-state index contributed by atoms with van der Waals surface area (Å²) in [6.45, 7) is 7.04. The third kappa shape index (κ3) is 6.47. The monoisotopic (exact) mass is 488 g/mol. The third-order valence-corrected chi connectivity index (χ3v) is 5.57. The largest absolute Gasteiger partial charge is 0.486 e. The summed E-state index contributed by atoms with van der Waals surface area (Å²) in [6.07, 6.45) is 0.857. The summed E-state index contributed by atoms with van der Waals surface area (Å²) in [6, 6.07) is 13.0. The van der Waals surface area contributed by atoms with Crippen molar-refractivity contribution < 1.29 is 19.1 Å². The molecule has 6 nitrogen and oxygen atoms in total. The molecular formula is C24H29BrN2O4. The van der Waals surface area contributed by atoms with Crippen molar-refractivity contribution in [2.75, 3.05) is 13.2 Å². The van der Waals surface area contributed by atoms with Gasteiger partial charge in [0.05, 0.1) is 0 Å². The summed E-state index contributed by atoms with van der Waals surface area (Å²) in [5.74, 6) is 1.22. The number of hydrogen-bond donors (Lipinski definition) is 1. The van der Waals surface area contributed by atoms with Gasteiger partial charge in [-0.2, -0.15) is 0 Å². The standard InChI is InChI=1S/C24H29BrN2O4/c1-16(2)26-24(29)17(3)27(15-19-5-4-6-20(25)13-19)23(28)10-8-18-7-9-21-22(14-18)31-12-11-30-21/h4-7,9,13-14,16-17H,8,10-12,15H2,1-3H3,(H,26,29)/t17-/m0/s1. The topological polar surface area (TPSA) is 67.9 Å². The first-order chi connectivity index (χ1) is 14.8. The molecule has 7 heteroatoms. The molecule has 2 aromatic rings. The first-order valence-corrected chi connectivity index (χ1v) is 11.4. The van der Waals surface area contributed by atoms with Crippen molar-refractivity contribution in [3.8, 4) is 11.5 Å². The van der Waals surface area contributed by atoms with Crippen molar-refractivity contribution in [1.82, 2.24) is 10.2 Å². The van der Waals surface area contributed by atoms with Crippen molar-refractivity contribution in [2.45, 2.75) is 52.2 Å². The van der Waals surface area contributed by atoms with Crippen LogP contribution in [-0.4, -0.2) is 42.0 Å².